The standard InChI is InChI=1S/C19H15F4N3O2/c20-12-6-11(28-4-3-17(22)23)7-13(21)19(12)16-8-18(27)26(16)10-1-2-14-15(5-10)25-9-24-14/h1-2,5-7,9,16-17H,3-4,8H2,(H,24,25)/t16-/m1/s1. The van der Waals surface area contributed by atoms with E-state index in [2.05, 4.69) is 9.97 Å². The maximum absolute atomic E-state index is 14.6. The molecule has 28 heavy (non-hydrogen) atoms. The van der Waals surface area contributed by atoms with E-state index in [0.717, 1.165) is 12.1 Å². The van der Waals surface area contributed by atoms with Gasteiger partial charge < -0.3 is 14.6 Å². The van der Waals surface area contributed by atoms with E-state index in [1.165, 1.54) is 11.2 Å². The van der Waals surface area contributed by atoms with Gasteiger partial charge in [0.1, 0.15) is 17.4 Å². The van der Waals surface area contributed by atoms with Crippen molar-refractivity contribution in [1.82, 2.24) is 9.97 Å². The highest BCUT2D eigenvalue weighted by atomic mass is 19.3. The number of ether oxygens (including phenoxy) is 1. The highest BCUT2D eigenvalue weighted by Crippen LogP contribution is 2.42. The zero-order chi connectivity index (χ0) is 19.8. The van der Waals surface area contributed by atoms with Crippen molar-refractivity contribution in [3.63, 3.8) is 0 Å². The van der Waals surface area contributed by atoms with Crippen LogP contribution in [-0.2, 0) is 4.79 Å². The van der Waals surface area contributed by atoms with Crippen LogP contribution in [-0.4, -0.2) is 28.9 Å². The van der Waals surface area contributed by atoms with E-state index in [0.29, 0.717) is 16.7 Å². The second-order valence-electron chi connectivity index (χ2n) is 6.42. The van der Waals surface area contributed by atoms with Crippen LogP contribution in [0.4, 0.5) is 23.2 Å². The summed E-state index contributed by atoms with van der Waals surface area (Å²) in [5, 5.41) is 0. The number of anilines is 1. The summed E-state index contributed by atoms with van der Waals surface area (Å²) in [5.74, 6) is -2.22. The number of hydrogen-bond donors (Lipinski definition) is 1. The fourth-order valence-corrected chi connectivity index (χ4v) is 3.27. The van der Waals surface area contributed by atoms with Gasteiger partial charge in [0.15, 0.2) is 0 Å². The van der Waals surface area contributed by atoms with Crippen LogP contribution in [0.1, 0.15) is 24.4 Å². The first-order valence-corrected chi connectivity index (χ1v) is 8.59. The first-order valence-electron chi connectivity index (χ1n) is 8.59. The number of aromatic amines is 1. The van der Waals surface area contributed by atoms with Crippen molar-refractivity contribution in [3.8, 4) is 5.75 Å². The molecule has 9 heteroatoms. The summed E-state index contributed by atoms with van der Waals surface area (Å²) in [4.78, 5) is 20.5. The lowest BCUT2D eigenvalue weighted by molar-refractivity contribution is -0.124. The van der Waals surface area contributed by atoms with E-state index in [1.54, 1.807) is 18.2 Å². The Morgan fingerprint density at radius 3 is 2.64 bits per heavy atom. The van der Waals surface area contributed by atoms with Crippen LogP contribution in [0, 0.1) is 11.6 Å². The number of aromatic nitrogens is 2. The summed E-state index contributed by atoms with van der Waals surface area (Å²) in [6.45, 7) is -0.353. The zero-order valence-electron chi connectivity index (χ0n) is 14.5. The topological polar surface area (TPSA) is 58.2 Å². The first kappa shape index (κ1) is 18.3. The van der Waals surface area contributed by atoms with Gasteiger partial charge in [0.2, 0.25) is 12.3 Å². The van der Waals surface area contributed by atoms with Crippen molar-refractivity contribution >= 4 is 22.6 Å². The van der Waals surface area contributed by atoms with Gasteiger partial charge >= 0.3 is 0 Å². The molecular formula is C19H15F4N3O2. The van der Waals surface area contributed by atoms with Crippen molar-refractivity contribution in [2.45, 2.75) is 25.3 Å². The number of alkyl halides is 2. The second kappa shape index (κ2) is 7.14. The minimum atomic E-state index is -2.56. The summed E-state index contributed by atoms with van der Waals surface area (Å²) in [6.07, 6.45) is -1.63. The monoisotopic (exact) mass is 393 g/mol. The van der Waals surface area contributed by atoms with Crippen LogP contribution >= 0.6 is 0 Å². The molecule has 0 bridgehead atoms. The summed E-state index contributed by atoms with van der Waals surface area (Å²) in [5.41, 5.74) is 1.63. The van der Waals surface area contributed by atoms with Gasteiger partial charge in [-0.3, -0.25) is 4.79 Å². The third-order valence-corrected chi connectivity index (χ3v) is 4.62. The number of fused-ring (bicyclic) bond motifs is 1. The smallest absolute Gasteiger partial charge is 0.241 e. The molecule has 0 spiro atoms. The molecule has 3 aromatic rings. The minimum absolute atomic E-state index is 0.0412. The Morgan fingerprint density at radius 1 is 1.21 bits per heavy atom. The largest absolute Gasteiger partial charge is 0.493 e. The highest BCUT2D eigenvalue weighted by Gasteiger charge is 2.41. The van der Waals surface area contributed by atoms with E-state index in [1.807, 2.05) is 0 Å². The molecule has 1 atom stereocenters. The van der Waals surface area contributed by atoms with Crippen molar-refractivity contribution in [1.29, 1.82) is 0 Å². The Kier molecular flexibility index (Phi) is 4.66. The van der Waals surface area contributed by atoms with E-state index in [9.17, 15) is 22.4 Å². The summed E-state index contributed by atoms with van der Waals surface area (Å²) in [6, 6.07) is 6.14. The lowest BCUT2D eigenvalue weighted by atomic mass is 9.92. The molecule has 0 unspecified atom stereocenters. The number of H-pyrrole nitrogens is 1. The molecule has 5 nitrogen and oxygen atoms in total. The summed E-state index contributed by atoms with van der Waals surface area (Å²) < 4.78 is 58.4. The molecule has 146 valence electrons. The average molecular weight is 393 g/mol. The van der Waals surface area contributed by atoms with Gasteiger partial charge in [-0.2, -0.15) is 0 Å². The third-order valence-electron chi connectivity index (χ3n) is 4.62. The Morgan fingerprint density at radius 2 is 1.96 bits per heavy atom. The van der Waals surface area contributed by atoms with Crippen LogP contribution in [0.5, 0.6) is 5.75 Å². The molecule has 0 aliphatic carbocycles. The number of hydrogen-bond acceptors (Lipinski definition) is 3. The Balaban J connectivity index is 1.60. The van der Waals surface area contributed by atoms with Crippen molar-refractivity contribution < 1.29 is 27.1 Å². The Labute approximate surface area is 156 Å². The number of rotatable bonds is 6. The number of carbonyl (C=O) groups excluding carboxylic acids is 1. The van der Waals surface area contributed by atoms with Crippen LogP contribution in [0.25, 0.3) is 11.0 Å². The molecule has 1 saturated heterocycles. The molecule has 2 aromatic carbocycles. The van der Waals surface area contributed by atoms with Gasteiger partial charge in [-0.25, -0.2) is 22.5 Å². The Hall–Kier alpha value is -3.10. The molecule has 1 amide bonds. The molecule has 1 aliphatic heterocycles. The lowest BCUT2D eigenvalue weighted by Gasteiger charge is -2.41. The van der Waals surface area contributed by atoms with Crippen LogP contribution < -0.4 is 9.64 Å². The highest BCUT2D eigenvalue weighted by molar-refractivity contribution is 6.02. The molecule has 0 radical (unpaired) electrons. The zero-order valence-corrected chi connectivity index (χ0v) is 14.5. The predicted molar refractivity (Wildman–Crippen MR) is 93.4 cm³/mol. The van der Waals surface area contributed by atoms with Gasteiger partial charge in [0.25, 0.3) is 0 Å². The van der Waals surface area contributed by atoms with Gasteiger partial charge in [-0.15, -0.1) is 0 Å². The molecule has 2 heterocycles. The van der Waals surface area contributed by atoms with E-state index in [4.69, 9.17) is 4.74 Å². The number of amides is 1. The fourth-order valence-electron chi connectivity index (χ4n) is 3.27. The number of β-lactam (4-membered cyclic amide) rings is 1. The van der Waals surface area contributed by atoms with Gasteiger partial charge in [0.05, 0.1) is 36.4 Å². The number of benzene rings is 2. The van der Waals surface area contributed by atoms with Crippen LogP contribution in [0.15, 0.2) is 36.7 Å². The SMILES string of the molecule is O=C1C[C@H](c2c(F)cc(OCCC(F)F)cc2F)N1c1ccc2nc[nH]c2c1. The van der Waals surface area contributed by atoms with Gasteiger partial charge in [-0.05, 0) is 18.2 Å². The average Bonchev–Trinajstić information content (AvgIpc) is 3.08. The first-order chi connectivity index (χ1) is 13.4. The van der Waals surface area contributed by atoms with Crippen molar-refractivity contribution in [2.24, 2.45) is 0 Å². The molecule has 4 rings (SSSR count). The number of nitrogens with one attached hydrogen (secondary N) is 1. The molecule has 1 N–H and O–H groups in total. The molecular weight excluding hydrogens is 378 g/mol. The van der Waals surface area contributed by atoms with Crippen molar-refractivity contribution in [3.05, 3.63) is 53.9 Å². The molecule has 1 aromatic heterocycles. The molecule has 1 aliphatic rings. The normalized spacial score (nSPS) is 16.7. The number of carbonyl (C=O) groups is 1. The number of halogens is 4. The molecule has 0 saturated carbocycles. The fraction of sp³-hybridized carbons (Fsp3) is 0.263. The Bertz CT molecular complexity index is 1010. The van der Waals surface area contributed by atoms with Crippen LogP contribution in [0.2, 0.25) is 0 Å². The maximum Gasteiger partial charge on any atom is 0.241 e. The summed E-state index contributed by atoms with van der Waals surface area (Å²) in [7, 11) is 0. The summed E-state index contributed by atoms with van der Waals surface area (Å²) >= 11 is 0. The quantitative estimate of drug-likeness (QED) is 0.500. The number of imidazole rings is 1. The van der Waals surface area contributed by atoms with Gasteiger partial charge in [0, 0.05) is 29.8 Å². The maximum atomic E-state index is 14.6. The van der Waals surface area contributed by atoms with E-state index < -0.39 is 30.5 Å². The molecule has 1 fully saturated rings. The minimum Gasteiger partial charge on any atom is -0.493 e. The van der Waals surface area contributed by atoms with E-state index >= 15 is 0 Å². The van der Waals surface area contributed by atoms with E-state index in [-0.39, 0.29) is 30.2 Å². The lowest BCUT2D eigenvalue weighted by Crippen LogP contribution is -2.47. The van der Waals surface area contributed by atoms with Gasteiger partial charge in [-0.1, -0.05) is 0 Å². The second-order valence-corrected chi connectivity index (χ2v) is 6.42. The number of nitrogens with zero attached hydrogens (tertiary/aromatic N) is 2. The van der Waals surface area contributed by atoms with Crippen LogP contribution in [0.3, 0.4) is 0 Å². The third kappa shape index (κ3) is 3.28. The predicted octanol–water partition coefficient (Wildman–Crippen LogP) is 4.35. The van der Waals surface area contributed by atoms with Crippen molar-refractivity contribution in [2.75, 3.05) is 11.5 Å².